The molecule has 4 amide bonds. The molecule has 5 aromatic rings. The van der Waals surface area contributed by atoms with Crippen LogP contribution in [-0.4, -0.2) is 33.6 Å². The Morgan fingerprint density at radius 2 is 1.59 bits per heavy atom. The first kappa shape index (κ1) is 34.3. The number of benzene rings is 4. The largest absolute Gasteiger partial charge is 0.508 e. The summed E-state index contributed by atoms with van der Waals surface area (Å²) >= 11 is 7.91. The zero-order valence-electron chi connectivity index (χ0n) is 29.0. The van der Waals surface area contributed by atoms with Crippen LogP contribution in [0.3, 0.4) is 0 Å². The number of likely N-dealkylation sites (tertiary alicyclic amines) is 1. The number of phenols is 1. The summed E-state index contributed by atoms with van der Waals surface area (Å²) in [6, 6.07) is 34.5. The third kappa shape index (κ3) is 5.32. The molecule has 0 spiro atoms. The molecular formula is C44H35ClN2O6S. The van der Waals surface area contributed by atoms with Crippen LogP contribution in [0.15, 0.2) is 132 Å². The highest BCUT2D eigenvalue weighted by Crippen LogP contribution is 2.65. The highest BCUT2D eigenvalue weighted by molar-refractivity contribution is 7.09. The quantitative estimate of drug-likeness (QED) is 0.127. The molecule has 1 N–H and O–H groups in total. The van der Waals surface area contributed by atoms with Gasteiger partial charge in [0, 0.05) is 27.4 Å². The van der Waals surface area contributed by atoms with E-state index in [0.717, 1.165) is 16.0 Å². The highest BCUT2D eigenvalue weighted by atomic mass is 35.5. The Hall–Kier alpha value is -5.51. The van der Waals surface area contributed by atoms with E-state index >= 15 is 4.79 Å². The second-order valence-electron chi connectivity index (χ2n) is 14.4. The monoisotopic (exact) mass is 754 g/mol. The summed E-state index contributed by atoms with van der Waals surface area (Å²) in [7, 11) is 0. The zero-order valence-corrected chi connectivity index (χ0v) is 30.6. The lowest BCUT2D eigenvalue weighted by Crippen LogP contribution is -2.53. The molecule has 0 bridgehead atoms. The minimum absolute atomic E-state index is 0.0992. The van der Waals surface area contributed by atoms with E-state index in [-0.39, 0.29) is 37.1 Å². The second kappa shape index (κ2) is 13.4. The number of halogens is 1. The number of carbonyl (C=O) groups is 4. The van der Waals surface area contributed by atoms with Crippen molar-refractivity contribution in [3.8, 4) is 11.5 Å². The smallest absolute Gasteiger partial charge is 0.246 e. The standard InChI is InChI=1S/C44H35ClN2O6S/c45-28-13-7-14-29(21-28)47-41(50)36-23-35-32(18-19-34-38(35)42(51)46(40(34)49)24-31-15-8-20-54-31)39(44(36,43(47)52)27-11-5-2-6-12-27)33-17-16-30(22-37(33)48)53-25-26-9-3-1-4-10-26/h1-18,20-22,34-36,38-39,48H,19,23-25H2. The van der Waals surface area contributed by atoms with E-state index in [2.05, 4.69) is 0 Å². The molecule has 8 nitrogen and oxygen atoms in total. The molecule has 2 aliphatic heterocycles. The molecule has 4 aromatic carbocycles. The number of hydrogen-bond donors (Lipinski definition) is 1. The van der Waals surface area contributed by atoms with E-state index in [0.29, 0.717) is 34.0 Å². The third-order valence-corrected chi connectivity index (χ3v) is 12.8. The van der Waals surface area contributed by atoms with Crippen LogP contribution >= 0.6 is 22.9 Å². The van der Waals surface area contributed by atoms with Crippen molar-refractivity contribution in [2.45, 2.75) is 37.3 Å². The topological polar surface area (TPSA) is 104 Å². The molecule has 4 aliphatic rings. The van der Waals surface area contributed by atoms with E-state index in [1.165, 1.54) is 21.1 Å². The van der Waals surface area contributed by atoms with Gasteiger partial charge in [-0.05, 0) is 65.6 Å². The van der Waals surface area contributed by atoms with E-state index in [1.54, 1.807) is 42.5 Å². The van der Waals surface area contributed by atoms with E-state index < -0.39 is 46.8 Å². The van der Waals surface area contributed by atoms with E-state index in [1.807, 2.05) is 84.3 Å². The third-order valence-electron chi connectivity index (χ3n) is 11.7. The fourth-order valence-electron chi connectivity index (χ4n) is 9.47. The van der Waals surface area contributed by atoms with Crippen LogP contribution in [0.5, 0.6) is 11.5 Å². The Morgan fingerprint density at radius 3 is 2.31 bits per heavy atom. The number of ether oxygens (including phenoxy) is 1. The summed E-state index contributed by atoms with van der Waals surface area (Å²) in [5, 5.41) is 14.3. The summed E-state index contributed by atoms with van der Waals surface area (Å²) in [5.74, 6) is -4.63. The van der Waals surface area contributed by atoms with Crippen molar-refractivity contribution in [1.82, 2.24) is 4.90 Å². The first-order valence-corrected chi connectivity index (χ1v) is 19.3. The van der Waals surface area contributed by atoms with E-state index in [4.69, 9.17) is 16.3 Å². The lowest BCUT2D eigenvalue weighted by atomic mass is 9.49. The summed E-state index contributed by atoms with van der Waals surface area (Å²) in [4.78, 5) is 62.3. The summed E-state index contributed by atoms with van der Waals surface area (Å²) in [6.45, 7) is 0.478. The van der Waals surface area contributed by atoms with Gasteiger partial charge < -0.3 is 9.84 Å². The number of amides is 4. The van der Waals surface area contributed by atoms with Gasteiger partial charge in [0.2, 0.25) is 23.6 Å². The molecule has 9 rings (SSSR count). The number of rotatable bonds is 8. The number of carbonyl (C=O) groups excluding carboxylic acids is 4. The van der Waals surface area contributed by atoms with Crippen molar-refractivity contribution in [3.63, 3.8) is 0 Å². The van der Waals surface area contributed by atoms with E-state index in [9.17, 15) is 19.5 Å². The molecule has 3 heterocycles. The van der Waals surface area contributed by atoms with Crippen LogP contribution < -0.4 is 9.64 Å². The molecule has 2 aliphatic carbocycles. The van der Waals surface area contributed by atoms with Crippen LogP contribution in [0, 0.1) is 23.7 Å². The van der Waals surface area contributed by atoms with Gasteiger partial charge in [0.25, 0.3) is 0 Å². The predicted molar refractivity (Wildman–Crippen MR) is 205 cm³/mol. The average Bonchev–Trinajstić information content (AvgIpc) is 3.85. The predicted octanol–water partition coefficient (Wildman–Crippen LogP) is 8.05. The van der Waals surface area contributed by atoms with Gasteiger partial charge in [-0.25, -0.2) is 4.90 Å². The van der Waals surface area contributed by atoms with Crippen molar-refractivity contribution in [3.05, 3.63) is 159 Å². The lowest BCUT2D eigenvalue weighted by Gasteiger charge is -2.50. The van der Waals surface area contributed by atoms with Gasteiger partial charge in [-0.1, -0.05) is 102 Å². The molecule has 10 heteroatoms. The Kier molecular flexibility index (Phi) is 8.51. The maximum Gasteiger partial charge on any atom is 0.246 e. The van der Waals surface area contributed by atoms with Crippen LogP contribution in [-0.2, 0) is 37.7 Å². The van der Waals surface area contributed by atoms with Crippen LogP contribution in [0.25, 0.3) is 0 Å². The molecule has 6 atom stereocenters. The van der Waals surface area contributed by atoms with Crippen molar-refractivity contribution in [2.24, 2.45) is 23.7 Å². The van der Waals surface area contributed by atoms with Crippen molar-refractivity contribution >= 4 is 52.3 Å². The van der Waals surface area contributed by atoms with Crippen LogP contribution in [0.1, 0.15) is 40.3 Å². The van der Waals surface area contributed by atoms with Gasteiger partial charge in [-0.3, -0.25) is 24.1 Å². The maximum absolute atomic E-state index is 15.5. The van der Waals surface area contributed by atoms with Gasteiger partial charge in [0.05, 0.1) is 35.4 Å². The Balaban J connectivity index is 1.21. The van der Waals surface area contributed by atoms with Gasteiger partial charge in [0.15, 0.2) is 0 Å². The van der Waals surface area contributed by atoms with Crippen molar-refractivity contribution < 1.29 is 29.0 Å². The number of fused-ring (bicyclic) bond motifs is 4. The summed E-state index contributed by atoms with van der Waals surface area (Å²) < 4.78 is 6.08. The second-order valence-corrected chi connectivity index (χ2v) is 15.9. The number of nitrogens with zero attached hydrogens (tertiary/aromatic N) is 2. The maximum atomic E-state index is 15.5. The minimum atomic E-state index is -1.50. The van der Waals surface area contributed by atoms with Gasteiger partial charge >= 0.3 is 0 Å². The summed E-state index contributed by atoms with van der Waals surface area (Å²) in [5.41, 5.74) is 1.65. The first-order valence-electron chi connectivity index (χ1n) is 18.0. The molecule has 2 saturated heterocycles. The molecule has 270 valence electrons. The lowest BCUT2D eigenvalue weighted by molar-refractivity contribution is -0.141. The molecule has 1 aromatic heterocycles. The Bertz CT molecular complexity index is 2330. The molecule has 0 radical (unpaired) electrons. The number of anilines is 1. The Labute approximate surface area is 321 Å². The summed E-state index contributed by atoms with van der Waals surface area (Å²) in [6.07, 6.45) is 2.47. The minimum Gasteiger partial charge on any atom is -0.508 e. The number of thiophene rings is 1. The van der Waals surface area contributed by atoms with Crippen molar-refractivity contribution in [2.75, 3.05) is 4.90 Å². The van der Waals surface area contributed by atoms with Gasteiger partial charge in [-0.15, -0.1) is 11.3 Å². The normalized spacial score (nSPS) is 26.0. The van der Waals surface area contributed by atoms with Gasteiger partial charge in [-0.2, -0.15) is 0 Å². The number of imide groups is 2. The molecular weight excluding hydrogens is 720 g/mol. The van der Waals surface area contributed by atoms with Crippen molar-refractivity contribution in [1.29, 1.82) is 0 Å². The number of hydrogen-bond acceptors (Lipinski definition) is 7. The molecule has 54 heavy (non-hydrogen) atoms. The number of allylic oxidation sites excluding steroid dienone is 2. The van der Waals surface area contributed by atoms with Crippen LogP contribution in [0.4, 0.5) is 5.69 Å². The molecule has 6 unspecified atom stereocenters. The fourth-order valence-corrected chi connectivity index (χ4v) is 10.3. The average molecular weight is 755 g/mol. The van der Waals surface area contributed by atoms with Gasteiger partial charge in [0.1, 0.15) is 18.1 Å². The molecule has 3 fully saturated rings. The first-order chi connectivity index (χ1) is 26.3. The SMILES string of the molecule is O=C1C2CC=C3C(CC4C(=O)N(c5cccc(Cl)c5)C(=O)C4(c4ccccc4)C3c3ccc(OCc4ccccc4)cc3O)C2C(=O)N1Cc1cccs1. The Morgan fingerprint density at radius 1 is 0.815 bits per heavy atom. The number of phenolic OH excluding ortho intramolecular Hbond substituents is 1. The highest BCUT2D eigenvalue weighted by Gasteiger charge is 2.70. The zero-order chi connectivity index (χ0) is 37.1. The molecule has 1 saturated carbocycles. The fraction of sp³-hybridized carbons (Fsp3) is 0.227. The number of aromatic hydroxyl groups is 1. The van der Waals surface area contributed by atoms with Crippen LogP contribution in [0.2, 0.25) is 5.02 Å².